The minimum atomic E-state index is -0.423. The summed E-state index contributed by atoms with van der Waals surface area (Å²) in [6.07, 6.45) is 3.56. The Morgan fingerprint density at radius 3 is 2.90 bits per heavy atom. The highest BCUT2D eigenvalue weighted by Crippen LogP contribution is 2.32. The monoisotopic (exact) mass is 423 g/mol. The van der Waals surface area contributed by atoms with Gasteiger partial charge in [-0.05, 0) is 50.1 Å². The van der Waals surface area contributed by atoms with E-state index >= 15 is 0 Å². The molecule has 1 amide bonds. The fourth-order valence-corrected chi connectivity index (χ4v) is 5.05. The van der Waals surface area contributed by atoms with E-state index in [9.17, 15) is 9.59 Å². The second kappa shape index (κ2) is 7.74. The van der Waals surface area contributed by atoms with Crippen LogP contribution < -0.4 is 5.63 Å². The molecule has 0 saturated carbocycles. The summed E-state index contributed by atoms with van der Waals surface area (Å²) < 4.78 is 17.5. The van der Waals surface area contributed by atoms with Crippen LogP contribution in [0.1, 0.15) is 33.8 Å². The fraction of sp³-hybridized carbons (Fsp3) is 0.304. The van der Waals surface area contributed by atoms with Gasteiger partial charge in [0.05, 0.1) is 33.9 Å². The van der Waals surface area contributed by atoms with Crippen molar-refractivity contribution < 1.29 is 18.4 Å². The molecule has 30 heavy (non-hydrogen) atoms. The molecule has 1 fully saturated rings. The number of nitrogens with zero attached hydrogens (tertiary/aromatic N) is 1. The van der Waals surface area contributed by atoms with Crippen LogP contribution in [0.2, 0.25) is 0 Å². The SMILES string of the molecule is Cc1ccc2oc(=O)c3cc(C(=O)N(Cc4ccco4)CC4CCCO4)sc3c2c1. The Balaban J connectivity index is 1.55. The summed E-state index contributed by atoms with van der Waals surface area (Å²) >= 11 is 1.33. The number of aryl methyl sites for hydroxylation is 1. The maximum absolute atomic E-state index is 13.4. The number of fused-ring (bicyclic) bond motifs is 3. The zero-order valence-electron chi connectivity index (χ0n) is 16.6. The molecule has 0 radical (unpaired) electrons. The van der Waals surface area contributed by atoms with Gasteiger partial charge in [0.25, 0.3) is 5.91 Å². The van der Waals surface area contributed by atoms with Crippen molar-refractivity contribution in [2.45, 2.75) is 32.4 Å². The number of ether oxygens (including phenoxy) is 1. The molecule has 1 unspecified atom stereocenters. The van der Waals surface area contributed by atoms with E-state index in [0.29, 0.717) is 34.7 Å². The number of rotatable bonds is 5. The van der Waals surface area contributed by atoms with Gasteiger partial charge in [0.2, 0.25) is 0 Å². The number of hydrogen-bond donors (Lipinski definition) is 0. The molecule has 1 aromatic carbocycles. The first-order valence-electron chi connectivity index (χ1n) is 9.99. The zero-order valence-corrected chi connectivity index (χ0v) is 17.4. The highest BCUT2D eigenvalue weighted by Gasteiger charge is 2.26. The zero-order chi connectivity index (χ0) is 20.7. The Labute approximate surface area is 176 Å². The average molecular weight is 423 g/mol. The second-order valence-electron chi connectivity index (χ2n) is 7.64. The lowest BCUT2D eigenvalue weighted by Crippen LogP contribution is -2.36. The van der Waals surface area contributed by atoms with Gasteiger partial charge in [0.15, 0.2) is 0 Å². The molecule has 1 saturated heterocycles. The van der Waals surface area contributed by atoms with E-state index in [1.807, 2.05) is 31.2 Å². The third-order valence-electron chi connectivity index (χ3n) is 5.41. The molecule has 1 atom stereocenters. The van der Waals surface area contributed by atoms with E-state index < -0.39 is 5.63 Å². The Kier molecular flexibility index (Phi) is 4.92. The maximum atomic E-state index is 13.4. The Morgan fingerprint density at radius 2 is 2.13 bits per heavy atom. The predicted molar refractivity (Wildman–Crippen MR) is 115 cm³/mol. The number of amides is 1. The summed E-state index contributed by atoms with van der Waals surface area (Å²) in [7, 11) is 0. The summed E-state index contributed by atoms with van der Waals surface area (Å²) in [4.78, 5) is 28.2. The summed E-state index contributed by atoms with van der Waals surface area (Å²) in [5, 5.41) is 1.29. The number of furan rings is 1. The molecule has 0 aliphatic carbocycles. The van der Waals surface area contributed by atoms with Gasteiger partial charge in [-0.1, -0.05) is 11.6 Å². The maximum Gasteiger partial charge on any atom is 0.345 e. The first-order valence-corrected chi connectivity index (χ1v) is 10.8. The van der Waals surface area contributed by atoms with E-state index in [-0.39, 0.29) is 12.0 Å². The lowest BCUT2D eigenvalue weighted by atomic mass is 10.1. The van der Waals surface area contributed by atoms with Crippen molar-refractivity contribution in [2.75, 3.05) is 13.2 Å². The fourth-order valence-electron chi connectivity index (χ4n) is 3.91. The third kappa shape index (κ3) is 3.55. The van der Waals surface area contributed by atoms with Gasteiger partial charge in [-0.15, -0.1) is 11.3 Å². The number of hydrogen-bond acceptors (Lipinski definition) is 6. The van der Waals surface area contributed by atoms with Crippen LogP contribution in [0.4, 0.5) is 0 Å². The smallest absolute Gasteiger partial charge is 0.345 e. The highest BCUT2D eigenvalue weighted by molar-refractivity contribution is 7.21. The molecular formula is C23H21NO5S. The van der Waals surface area contributed by atoms with Gasteiger partial charge in [-0.3, -0.25) is 4.79 Å². The Bertz CT molecular complexity index is 1260. The van der Waals surface area contributed by atoms with Crippen LogP contribution in [0.3, 0.4) is 0 Å². The van der Waals surface area contributed by atoms with Crippen molar-refractivity contribution in [1.82, 2.24) is 4.90 Å². The topological polar surface area (TPSA) is 72.9 Å². The third-order valence-corrected chi connectivity index (χ3v) is 6.56. The van der Waals surface area contributed by atoms with Gasteiger partial charge in [-0.25, -0.2) is 4.79 Å². The number of carbonyl (C=O) groups excluding carboxylic acids is 1. The van der Waals surface area contributed by atoms with Crippen LogP contribution in [0.25, 0.3) is 21.1 Å². The quantitative estimate of drug-likeness (QED) is 0.434. The normalized spacial score (nSPS) is 16.5. The van der Waals surface area contributed by atoms with Gasteiger partial charge in [0.1, 0.15) is 11.3 Å². The minimum absolute atomic E-state index is 0.0202. The highest BCUT2D eigenvalue weighted by atomic mass is 32.1. The molecule has 154 valence electrons. The molecule has 1 aliphatic heterocycles. The second-order valence-corrected chi connectivity index (χ2v) is 8.69. The molecule has 0 N–H and O–H groups in total. The lowest BCUT2D eigenvalue weighted by molar-refractivity contribution is 0.0495. The largest absolute Gasteiger partial charge is 0.467 e. The van der Waals surface area contributed by atoms with E-state index in [0.717, 1.165) is 35.1 Å². The Hall–Kier alpha value is -2.90. The predicted octanol–water partition coefficient (Wildman–Crippen LogP) is 4.73. The minimum Gasteiger partial charge on any atom is -0.467 e. The van der Waals surface area contributed by atoms with Crippen LogP contribution in [0.5, 0.6) is 0 Å². The number of benzene rings is 1. The van der Waals surface area contributed by atoms with Crippen molar-refractivity contribution in [3.8, 4) is 0 Å². The van der Waals surface area contributed by atoms with E-state index in [2.05, 4.69) is 0 Å². The summed E-state index contributed by atoms with van der Waals surface area (Å²) in [5.74, 6) is 0.575. The van der Waals surface area contributed by atoms with Crippen LogP contribution in [-0.2, 0) is 11.3 Å². The summed E-state index contributed by atoms with van der Waals surface area (Å²) in [5.41, 5.74) is 1.18. The Morgan fingerprint density at radius 1 is 1.23 bits per heavy atom. The summed E-state index contributed by atoms with van der Waals surface area (Å²) in [6, 6.07) is 11.0. The van der Waals surface area contributed by atoms with E-state index in [1.54, 1.807) is 23.3 Å². The van der Waals surface area contributed by atoms with Crippen molar-refractivity contribution in [1.29, 1.82) is 0 Å². The van der Waals surface area contributed by atoms with Crippen LogP contribution in [0.15, 0.2) is 56.3 Å². The molecule has 5 rings (SSSR count). The van der Waals surface area contributed by atoms with Crippen LogP contribution in [-0.4, -0.2) is 30.1 Å². The average Bonchev–Trinajstić information content (AvgIpc) is 3.49. The molecule has 3 aromatic heterocycles. The van der Waals surface area contributed by atoms with Crippen molar-refractivity contribution in [3.05, 3.63) is 69.3 Å². The number of thiophene rings is 1. The van der Waals surface area contributed by atoms with Crippen molar-refractivity contribution >= 4 is 38.3 Å². The van der Waals surface area contributed by atoms with Crippen LogP contribution in [0, 0.1) is 6.92 Å². The standard InChI is InChI=1S/C23H21NO5S/c1-14-6-7-19-17(10-14)21-18(23(26)29-19)11-20(30-21)22(25)24(12-15-4-2-8-27-15)13-16-5-3-9-28-16/h2,4,6-8,10-11,16H,3,5,9,12-13H2,1H3. The van der Waals surface area contributed by atoms with Crippen molar-refractivity contribution in [3.63, 3.8) is 0 Å². The first kappa shape index (κ1) is 19.1. The summed E-state index contributed by atoms with van der Waals surface area (Å²) in [6.45, 7) is 3.56. The molecule has 4 heterocycles. The number of carbonyl (C=O) groups is 1. The molecule has 0 spiro atoms. The van der Waals surface area contributed by atoms with Crippen molar-refractivity contribution in [2.24, 2.45) is 0 Å². The molecule has 6 nitrogen and oxygen atoms in total. The first-order chi connectivity index (χ1) is 14.6. The lowest BCUT2D eigenvalue weighted by Gasteiger charge is -2.24. The van der Waals surface area contributed by atoms with E-state index in [1.165, 1.54) is 11.3 Å². The van der Waals surface area contributed by atoms with Gasteiger partial charge >= 0.3 is 5.63 Å². The van der Waals surface area contributed by atoms with Gasteiger partial charge in [0, 0.05) is 18.5 Å². The molecule has 7 heteroatoms. The van der Waals surface area contributed by atoms with Gasteiger partial charge in [-0.2, -0.15) is 0 Å². The molecule has 0 bridgehead atoms. The molecule has 4 aromatic rings. The van der Waals surface area contributed by atoms with Gasteiger partial charge < -0.3 is 18.5 Å². The molecule has 1 aliphatic rings. The van der Waals surface area contributed by atoms with Crippen LogP contribution >= 0.6 is 11.3 Å². The van der Waals surface area contributed by atoms with E-state index in [4.69, 9.17) is 13.6 Å². The molecular weight excluding hydrogens is 402 g/mol.